The number of hydrogen-bond acceptors (Lipinski definition) is 5. The van der Waals surface area contributed by atoms with Crippen molar-refractivity contribution in [2.45, 2.75) is 19.9 Å². The van der Waals surface area contributed by atoms with Gasteiger partial charge < -0.3 is 5.32 Å². The Bertz CT molecular complexity index is 659. The lowest BCUT2D eigenvalue weighted by molar-refractivity contribution is 0.554. The van der Waals surface area contributed by atoms with Gasteiger partial charge in [-0.05, 0) is 52.1 Å². The van der Waals surface area contributed by atoms with Crippen LogP contribution >= 0.6 is 11.3 Å². The molecule has 1 aromatic carbocycles. The Morgan fingerprint density at radius 2 is 1.95 bits per heavy atom. The molecule has 0 aliphatic carbocycles. The molecule has 0 fully saturated rings. The van der Waals surface area contributed by atoms with Crippen molar-refractivity contribution < 1.29 is 0 Å². The van der Waals surface area contributed by atoms with E-state index in [9.17, 15) is 0 Å². The van der Waals surface area contributed by atoms with Gasteiger partial charge in [0.15, 0.2) is 0 Å². The summed E-state index contributed by atoms with van der Waals surface area (Å²) in [4.78, 5) is 1.36. The molecule has 0 saturated carbocycles. The maximum atomic E-state index is 3.88. The molecule has 0 aliphatic rings. The van der Waals surface area contributed by atoms with Crippen molar-refractivity contribution in [1.82, 2.24) is 20.2 Å². The van der Waals surface area contributed by atoms with E-state index >= 15 is 0 Å². The third-order valence-corrected chi connectivity index (χ3v) is 4.27. The fourth-order valence-corrected chi connectivity index (χ4v) is 3.15. The van der Waals surface area contributed by atoms with Crippen molar-refractivity contribution >= 4 is 17.0 Å². The number of aromatic nitrogens is 4. The molecule has 0 radical (unpaired) electrons. The van der Waals surface area contributed by atoms with Crippen LogP contribution in [-0.4, -0.2) is 20.2 Å². The van der Waals surface area contributed by atoms with Gasteiger partial charge in [-0.3, -0.25) is 0 Å². The highest BCUT2D eigenvalue weighted by molar-refractivity contribution is 7.10. The first-order chi connectivity index (χ1) is 10.2. The standard InChI is InChI=1S/C15H17N5S/c1-11(2)15(14-4-3-9-21-14)17-12-5-7-13(8-6-12)20-10-16-18-19-20/h3-11,15,17H,1-2H3. The minimum absolute atomic E-state index is 0.323. The normalized spacial score (nSPS) is 12.5. The van der Waals surface area contributed by atoms with Gasteiger partial charge >= 0.3 is 0 Å². The first kappa shape index (κ1) is 13.8. The molecule has 21 heavy (non-hydrogen) atoms. The third-order valence-electron chi connectivity index (χ3n) is 3.32. The fourth-order valence-electron chi connectivity index (χ4n) is 2.20. The van der Waals surface area contributed by atoms with Crippen molar-refractivity contribution in [2.24, 2.45) is 5.92 Å². The van der Waals surface area contributed by atoms with E-state index < -0.39 is 0 Å². The van der Waals surface area contributed by atoms with E-state index in [1.54, 1.807) is 22.3 Å². The van der Waals surface area contributed by atoms with E-state index in [1.807, 2.05) is 12.1 Å². The molecule has 3 aromatic rings. The van der Waals surface area contributed by atoms with Crippen LogP contribution in [0.4, 0.5) is 5.69 Å². The van der Waals surface area contributed by atoms with Gasteiger partial charge in [-0.2, -0.15) is 0 Å². The summed E-state index contributed by atoms with van der Waals surface area (Å²) in [6, 6.07) is 12.7. The van der Waals surface area contributed by atoms with Gasteiger partial charge in [0.2, 0.25) is 0 Å². The van der Waals surface area contributed by atoms with Gasteiger partial charge in [0, 0.05) is 10.6 Å². The largest absolute Gasteiger partial charge is 0.377 e. The fraction of sp³-hybridized carbons (Fsp3) is 0.267. The molecule has 2 aromatic heterocycles. The molecule has 1 unspecified atom stereocenters. The second kappa shape index (κ2) is 6.05. The average Bonchev–Trinajstić information content (AvgIpc) is 3.18. The quantitative estimate of drug-likeness (QED) is 0.783. The highest BCUT2D eigenvalue weighted by Gasteiger charge is 2.16. The Labute approximate surface area is 127 Å². The first-order valence-electron chi connectivity index (χ1n) is 6.87. The van der Waals surface area contributed by atoms with E-state index in [-0.39, 0.29) is 0 Å². The summed E-state index contributed by atoms with van der Waals surface area (Å²) in [5, 5.41) is 16.9. The molecule has 0 spiro atoms. The van der Waals surface area contributed by atoms with Crippen LogP contribution in [0, 0.1) is 5.92 Å². The van der Waals surface area contributed by atoms with Gasteiger partial charge in [-0.1, -0.05) is 19.9 Å². The van der Waals surface area contributed by atoms with Crippen LogP contribution in [0.15, 0.2) is 48.1 Å². The van der Waals surface area contributed by atoms with Crippen LogP contribution in [0.3, 0.4) is 0 Å². The van der Waals surface area contributed by atoms with Crippen molar-refractivity contribution in [3.8, 4) is 5.69 Å². The second-order valence-electron chi connectivity index (χ2n) is 5.18. The smallest absolute Gasteiger partial charge is 0.143 e. The summed E-state index contributed by atoms with van der Waals surface area (Å²) in [5.41, 5.74) is 2.04. The molecular weight excluding hydrogens is 282 g/mol. The maximum absolute atomic E-state index is 3.88. The van der Waals surface area contributed by atoms with E-state index in [2.05, 4.69) is 64.3 Å². The third kappa shape index (κ3) is 3.11. The molecule has 0 amide bonds. The van der Waals surface area contributed by atoms with Crippen LogP contribution < -0.4 is 5.32 Å². The van der Waals surface area contributed by atoms with E-state index in [1.165, 1.54) is 4.88 Å². The molecule has 2 heterocycles. The van der Waals surface area contributed by atoms with Crippen molar-refractivity contribution in [1.29, 1.82) is 0 Å². The zero-order valence-corrected chi connectivity index (χ0v) is 12.8. The lowest BCUT2D eigenvalue weighted by atomic mass is 10.0. The van der Waals surface area contributed by atoms with E-state index in [0.29, 0.717) is 12.0 Å². The summed E-state index contributed by atoms with van der Waals surface area (Å²) < 4.78 is 1.64. The predicted octanol–water partition coefficient (Wildman–Crippen LogP) is 3.53. The number of thiophene rings is 1. The minimum atomic E-state index is 0.323. The number of anilines is 1. The van der Waals surface area contributed by atoms with Crippen LogP contribution in [-0.2, 0) is 0 Å². The topological polar surface area (TPSA) is 55.6 Å². The summed E-state index contributed by atoms with van der Waals surface area (Å²) in [5.74, 6) is 0.517. The highest BCUT2D eigenvalue weighted by Crippen LogP contribution is 2.29. The summed E-state index contributed by atoms with van der Waals surface area (Å²) in [7, 11) is 0. The molecule has 3 rings (SSSR count). The lowest BCUT2D eigenvalue weighted by Gasteiger charge is -2.22. The molecule has 1 N–H and O–H groups in total. The zero-order chi connectivity index (χ0) is 14.7. The molecular formula is C15H17N5S. The maximum Gasteiger partial charge on any atom is 0.143 e. The second-order valence-corrected chi connectivity index (χ2v) is 6.16. The zero-order valence-electron chi connectivity index (χ0n) is 12.0. The summed E-state index contributed by atoms with van der Waals surface area (Å²) in [6.45, 7) is 4.46. The number of tetrazole rings is 1. The van der Waals surface area contributed by atoms with Crippen LogP contribution in [0.5, 0.6) is 0 Å². The Balaban J connectivity index is 1.78. The SMILES string of the molecule is CC(C)C(Nc1ccc(-n2cnnn2)cc1)c1cccs1. The predicted molar refractivity (Wildman–Crippen MR) is 84.7 cm³/mol. The highest BCUT2D eigenvalue weighted by atomic mass is 32.1. The number of hydrogen-bond donors (Lipinski definition) is 1. The number of benzene rings is 1. The molecule has 5 nitrogen and oxygen atoms in total. The Morgan fingerprint density at radius 1 is 1.14 bits per heavy atom. The number of nitrogens with zero attached hydrogens (tertiary/aromatic N) is 4. The molecule has 1 atom stereocenters. The van der Waals surface area contributed by atoms with Gasteiger partial charge in [0.05, 0.1) is 11.7 Å². The van der Waals surface area contributed by atoms with Crippen LogP contribution in [0.1, 0.15) is 24.8 Å². The Morgan fingerprint density at radius 3 is 2.52 bits per heavy atom. The Kier molecular flexibility index (Phi) is 3.96. The van der Waals surface area contributed by atoms with Gasteiger partial charge in [0.1, 0.15) is 6.33 Å². The number of nitrogens with one attached hydrogen (secondary N) is 1. The molecule has 6 heteroatoms. The van der Waals surface area contributed by atoms with Crippen molar-refractivity contribution in [2.75, 3.05) is 5.32 Å². The summed E-state index contributed by atoms with van der Waals surface area (Å²) >= 11 is 1.79. The number of rotatable bonds is 5. The van der Waals surface area contributed by atoms with Gasteiger partial charge in [0.25, 0.3) is 0 Å². The molecule has 0 bridgehead atoms. The Hall–Kier alpha value is -2.21. The van der Waals surface area contributed by atoms with Gasteiger partial charge in [-0.25, -0.2) is 4.68 Å². The first-order valence-corrected chi connectivity index (χ1v) is 7.75. The molecule has 108 valence electrons. The average molecular weight is 299 g/mol. The van der Waals surface area contributed by atoms with E-state index in [4.69, 9.17) is 0 Å². The van der Waals surface area contributed by atoms with Crippen LogP contribution in [0.25, 0.3) is 5.69 Å². The molecule has 0 saturated heterocycles. The van der Waals surface area contributed by atoms with Crippen LogP contribution in [0.2, 0.25) is 0 Å². The minimum Gasteiger partial charge on any atom is -0.377 e. The van der Waals surface area contributed by atoms with Crippen molar-refractivity contribution in [3.05, 3.63) is 53.0 Å². The molecule has 0 aliphatic heterocycles. The van der Waals surface area contributed by atoms with Gasteiger partial charge in [-0.15, -0.1) is 16.4 Å². The monoisotopic (exact) mass is 299 g/mol. The lowest BCUT2D eigenvalue weighted by Crippen LogP contribution is -2.15. The van der Waals surface area contributed by atoms with E-state index in [0.717, 1.165) is 11.4 Å². The van der Waals surface area contributed by atoms with Crippen molar-refractivity contribution in [3.63, 3.8) is 0 Å². The summed E-state index contributed by atoms with van der Waals surface area (Å²) in [6.07, 6.45) is 1.59.